The van der Waals surface area contributed by atoms with Crippen LogP contribution in [0.25, 0.3) is 0 Å². The van der Waals surface area contributed by atoms with Crippen molar-refractivity contribution >= 4 is 12.1 Å². The molecule has 2 bridgehead atoms. The fourth-order valence-electron chi connectivity index (χ4n) is 4.04. The Morgan fingerprint density at radius 1 is 1.10 bits per heavy atom. The number of aliphatic carboxylic acids is 1. The standard InChI is InChI=1S/C16H19NO4/c18-14(19)16(8-11-4-2-1-3-5-11)9-12-6-7-13(10-16)17(12)15(20)21/h1-5,12-13H,6-10H2,(H,18,19)(H,20,21)/t12-,13+,16-. The van der Waals surface area contributed by atoms with Crippen molar-refractivity contribution < 1.29 is 19.8 Å². The third kappa shape index (κ3) is 2.37. The largest absolute Gasteiger partial charge is 0.481 e. The summed E-state index contributed by atoms with van der Waals surface area (Å²) in [5.74, 6) is -0.798. The van der Waals surface area contributed by atoms with Gasteiger partial charge in [0, 0.05) is 12.1 Å². The van der Waals surface area contributed by atoms with Gasteiger partial charge in [-0.1, -0.05) is 30.3 Å². The summed E-state index contributed by atoms with van der Waals surface area (Å²) in [6, 6.07) is 9.31. The number of carbonyl (C=O) groups is 2. The van der Waals surface area contributed by atoms with Crippen LogP contribution < -0.4 is 0 Å². The maximum atomic E-state index is 11.9. The lowest BCUT2D eigenvalue weighted by Crippen LogP contribution is -2.53. The van der Waals surface area contributed by atoms with E-state index in [0.29, 0.717) is 19.3 Å². The molecule has 0 spiro atoms. The van der Waals surface area contributed by atoms with Crippen LogP contribution in [0.4, 0.5) is 4.79 Å². The number of hydrogen-bond acceptors (Lipinski definition) is 2. The van der Waals surface area contributed by atoms with E-state index in [1.165, 1.54) is 4.90 Å². The molecular weight excluding hydrogens is 270 g/mol. The molecule has 1 aromatic rings. The Balaban J connectivity index is 1.88. The number of benzene rings is 1. The molecule has 1 amide bonds. The van der Waals surface area contributed by atoms with E-state index in [4.69, 9.17) is 0 Å². The Hall–Kier alpha value is -2.04. The average Bonchev–Trinajstić information content (AvgIpc) is 2.73. The van der Waals surface area contributed by atoms with Crippen molar-refractivity contribution in [3.05, 3.63) is 35.9 Å². The van der Waals surface area contributed by atoms with Crippen molar-refractivity contribution in [3.63, 3.8) is 0 Å². The first-order valence-electron chi connectivity index (χ1n) is 7.30. The van der Waals surface area contributed by atoms with Crippen LogP contribution in [0.15, 0.2) is 30.3 Å². The zero-order chi connectivity index (χ0) is 15.0. The van der Waals surface area contributed by atoms with Gasteiger partial charge in [0.25, 0.3) is 0 Å². The lowest BCUT2D eigenvalue weighted by Gasteiger charge is -2.43. The molecule has 2 saturated heterocycles. The second kappa shape index (κ2) is 5.06. The maximum absolute atomic E-state index is 11.9. The van der Waals surface area contributed by atoms with Crippen LogP contribution in [-0.4, -0.2) is 39.3 Å². The number of piperidine rings is 1. The molecular formula is C16H19NO4. The van der Waals surface area contributed by atoms with Crippen molar-refractivity contribution in [1.82, 2.24) is 4.90 Å². The summed E-state index contributed by atoms with van der Waals surface area (Å²) in [5.41, 5.74) is 0.169. The van der Waals surface area contributed by atoms with Gasteiger partial charge >= 0.3 is 12.1 Å². The van der Waals surface area contributed by atoms with Crippen LogP contribution in [0.3, 0.4) is 0 Å². The first-order chi connectivity index (χ1) is 10.0. The first-order valence-corrected chi connectivity index (χ1v) is 7.30. The SMILES string of the molecule is O=C(O)N1[C@@H]2CC[C@H]1C[C@](Cc1ccccc1)(C(=O)O)C2. The zero-order valence-electron chi connectivity index (χ0n) is 11.7. The molecule has 0 unspecified atom stereocenters. The molecule has 112 valence electrons. The topological polar surface area (TPSA) is 77.8 Å². The summed E-state index contributed by atoms with van der Waals surface area (Å²) in [7, 11) is 0. The summed E-state index contributed by atoms with van der Waals surface area (Å²) in [5, 5.41) is 19.1. The molecule has 0 saturated carbocycles. The third-order valence-corrected chi connectivity index (χ3v) is 4.93. The molecule has 3 rings (SSSR count). The van der Waals surface area contributed by atoms with E-state index in [1.54, 1.807) is 0 Å². The minimum Gasteiger partial charge on any atom is -0.481 e. The number of carboxylic acids is 1. The van der Waals surface area contributed by atoms with Gasteiger partial charge in [-0.2, -0.15) is 0 Å². The Bertz CT molecular complexity index is 543. The summed E-state index contributed by atoms with van der Waals surface area (Å²) < 4.78 is 0. The third-order valence-electron chi connectivity index (χ3n) is 4.93. The fourth-order valence-corrected chi connectivity index (χ4v) is 4.04. The highest BCUT2D eigenvalue weighted by Crippen LogP contribution is 2.47. The smallest absolute Gasteiger partial charge is 0.407 e. The van der Waals surface area contributed by atoms with Gasteiger partial charge in [0.05, 0.1) is 5.41 Å². The van der Waals surface area contributed by atoms with E-state index in [9.17, 15) is 19.8 Å². The Morgan fingerprint density at radius 3 is 2.14 bits per heavy atom. The number of nitrogens with zero attached hydrogens (tertiary/aromatic N) is 1. The number of carboxylic acid groups (broad SMARTS) is 2. The Labute approximate surface area is 123 Å². The second-order valence-corrected chi connectivity index (χ2v) is 6.23. The number of amides is 1. The van der Waals surface area contributed by atoms with E-state index in [2.05, 4.69) is 0 Å². The van der Waals surface area contributed by atoms with E-state index in [-0.39, 0.29) is 12.1 Å². The molecule has 5 nitrogen and oxygen atoms in total. The van der Waals surface area contributed by atoms with Gasteiger partial charge in [-0.15, -0.1) is 0 Å². The highest BCUT2D eigenvalue weighted by molar-refractivity contribution is 5.76. The van der Waals surface area contributed by atoms with Crippen molar-refractivity contribution in [2.45, 2.75) is 44.2 Å². The lowest BCUT2D eigenvalue weighted by molar-refractivity contribution is -0.153. The highest BCUT2D eigenvalue weighted by atomic mass is 16.4. The van der Waals surface area contributed by atoms with Gasteiger partial charge in [-0.05, 0) is 37.7 Å². The van der Waals surface area contributed by atoms with Crippen LogP contribution in [0.2, 0.25) is 0 Å². The summed E-state index contributed by atoms with van der Waals surface area (Å²) in [6.07, 6.45) is 1.95. The predicted octanol–water partition coefficient (Wildman–Crippen LogP) is 2.60. The molecule has 0 radical (unpaired) electrons. The normalized spacial score (nSPS) is 31.1. The molecule has 2 fully saturated rings. The Morgan fingerprint density at radius 2 is 1.67 bits per heavy atom. The lowest BCUT2D eigenvalue weighted by atomic mass is 9.71. The van der Waals surface area contributed by atoms with Crippen molar-refractivity contribution in [2.75, 3.05) is 0 Å². The second-order valence-electron chi connectivity index (χ2n) is 6.23. The summed E-state index contributed by atoms with van der Waals surface area (Å²) in [4.78, 5) is 24.7. The Kier molecular flexibility index (Phi) is 3.35. The van der Waals surface area contributed by atoms with E-state index in [1.807, 2.05) is 30.3 Å². The zero-order valence-corrected chi connectivity index (χ0v) is 11.7. The average molecular weight is 289 g/mol. The van der Waals surface area contributed by atoms with Crippen LogP contribution in [-0.2, 0) is 11.2 Å². The molecule has 0 aromatic heterocycles. The van der Waals surface area contributed by atoms with E-state index < -0.39 is 17.5 Å². The fraction of sp³-hybridized carbons (Fsp3) is 0.500. The molecule has 2 heterocycles. The van der Waals surface area contributed by atoms with Crippen LogP contribution in [0.1, 0.15) is 31.2 Å². The van der Waals surface area contributed by atoms with Gasteiger partial charge < -0.3 is 15.1 Å². The van der Waals surface area contributed by atoms with Gasteiger partial charge in [-0.3, -0.25) is 4.79 Å². The molecule has 1 aromatic carbocycles. The first kappa shape index (κ1) is 13.9. The van der Waals surface area contributed by atoms with Gasteiger partial charge in [-0.25, -0.2) is 4.79 Å². The van der Waals surface area contributed by atoms with Crippen molar-refractivity contribution in [3.8, 4) is 0 Å². The minimum absolute atomic E-state index is 0.152. The monoisotopic (exact) mass is 289 g/mol. The maximum Gasteiger partial charge on any atom is 0.407 e. The van der Waals surface area contributed by atoms with Crippen LogP contribution in [0.5, 0.6) is 0 Å². The molecule has 21 heavy (non-hydrogen) atoms. The molecule has 2 aliphatic heterocycles. The summed E-state index contributed by atoms with van der Waals surface area (Å²) in [6.45, 7) is 0. The summed E-state index contributed by atoms with van der Waals surface area (Å²) >= 11 is 0. The van der Waals surface area contributed by atoms with Crippen molar-refractivity contribution in [1.29, 1.82) is 0 Å². The number of fused-ring (bicyclic) bond motifs is 2. The quantitative estimate of drug-likeness (QED) is 0.896. The van der Waals surface area contributed by atoms with E-state index >= 15 is 0 Å². The van der Waals surface area contributed by atoms with Gasteiger partial charge in [0.2, 0.25) is 0 Å². The van der Waals surface area contributed by atoms with Gasteiger partial charge in [0.15, 0.2) is 0 Å². The van der Waals surface area contributed by atoms with Crippen LogP contribution >= 0.6 is 0 Å². The van der Waals surface area contributed by atoms with Crippen LogP contribution in [0, 0.1) is 5.41 Å². The molecule has 2 N–H and O–H groups in total. The van der Waals surface area contributed by atoms with Crippen molar-refractivity contribution in [2.24, 2.45) is 5.41 Å². The molecule has 5 heteroatoms. The number of rotatable bonds is 3. The van der Waals surface area contributed by atoms with E-state index in [0.717, 1.165) is 18.4 Å². The molecule has 0 aliphatic carbocycles. The minimum atomic E-state index is -0.916. The number of hydrogen-bond donors (Lipinski definition) is 2. The highest BCUT2D eigenvalue weighted by Gasteiger charge is 2.53. The predicted molar refractivity (Wildman–Crippen MR) is 76.1 cm³/mol. The molecule has 3 atom stereocenters. The van der Waals surface area contributed by atoms with Gasteiger partial charge in [0.1, 0.15) is 0 Å². The molecule has 2 aliphatic rings.